The Morgan fingerprint density at radius 1 is 1.47 bits per heavy atom. The molecule has 0 aromatic heterocycles. The van der Waals surface area contributed by atoms with Gasteiger partial charge in [0.2, 0.25) is 0 Å². The number of unbranched alkanes of at least 4 members (excludes halogenated alkanes) is 1. The molecule has 4 heteroatoms. The molecule has 0 saturated carbocycles. The van der Waals surface area contributed by atoms with Gasteiger partial charge in [-0.15, -0.1) is 0 Å². The first-order valence-electron chi connectivity index (χ1n) is 4.98. The van der Waals surface area contributed by atoms with E-state index in [1.807, 2.05) is 0 Å². The van der Waals surface area contributed by atoms with Crippen LogP contribution in [-0.2, 0) is 20.4 Å². The minimum atomic E-state index is 0. The van der Waals surface area contributed by atoms with Crippen molar-refractivity contribution in [1.29, 1.82) is 0 Å². The van der Waals surface area contributed by atoms with Crippen molar-refractivity contribution < 1.29 is 45.2 Å². The summed E-state index contributed by atoms with van der Waals surface area (Å²) in [4.78, 5) is 0. The van der Waals surface area contributed by atoms with Gasteiger partial charge in [0.1, 0.15) is 0 Å². The van der Waals surface area contributed by atoms with Crippen LogP contribution in [0.25, 0.3) is 0 Å². The summed E-state index contributed by atoms with van der Waals surface area (Å²) in [7, 11) is 0. The molecule has 0 saturated heterocycles. The van der Waals surface area contributed by atoms with Gasteiger partial charge in [0.25, 0.3) is 0 Å². The van der Waals surface area contributed by atoms with Crippen LogP contribution in [0, 0.1) is 0 Å². The third-order valence-electron chi connectivity index (χ3n) is 2.27. The van der Waals surface area contributed by atoms with Gasteiger partial charge in [0.15, 0.2) is 0 Å². The molecular weight excluding hydrogens is 283 g/mol. The first kappa shape index (κ1) is 18.5. The van der Waals surface area contributed by atoms with E-state index in [9.17, 15) is 0 Å². The number of hydrogen-bond acceptors (Lipinski definition) is 1. The Labute approximate surface area is 122 Å². The van der Waals surface area contributed by atoms with Crippen LogP contribution in [0.5, 0.6) is 0 Å². The van der Waals surface area contributed by atoms with E-state index in [4.69, 9.17) is 0 Å². The quantitative estimate of drug-likeness (QED) is 0.406. The summed E-state index contributed by atoms with van der Waals surface area (Å²) in [5.41, 5.74) is 1.57. The van der Waals surface area contributed by atoms with Crippen LogP contribution in [0.2, 0.25) is 0 Å². The molecule has 1 aliphatic rings. The molecule has 0 fully saturated rings. The normalized spacial score (nSPS) is 16.0. The molecule has 0 bridgehead atoms. The zero-order valence-corrected chi connectivity index (χ0v) is 13.1. The summed E-state index contributed by atoms with van der Waals surface area (Å²) < 4.78 is 1.57. The fraction of sp³-hybridized carbons (Fsp3) is 0.636. The van der Waals surface area contributed by atoms with Gasteiger partial charge in [-0.1, -0.05) is 0 Å². The standard InChI is InChI=1S/C11H17S.2ClH.Ti/c1-3-4-9-12-10(2)11-7-5-6-8-11;;;/h5,7,10H,3-4,6,9H2,1-2H3;2*1H;/q;;;+2/p-2. The summed E-state index contributed by atoms with van der Waals surface area (Å²) in [6.07, 6.45) is 8.42. The van der Waals surface area contributed by atoms with Crippen LogP contribution >= 0.6 is 11.8 Å². The van der Waals surface area contributed by atoms with E-state index >= 15 is 0 Å². The maximum absolute atomic E-state index is 2.33. The summed E-state index contributed by atoms with van der Waals surface area (Å²) in [6.45, 7) is 4.58. The Bertz CT molecular complexity index is 227. The molecule has 0 nitrogen and oxygen atoms in total. The monoisotopic (exact) mass is 299 g/mol. The number of thioether (sulfide) groups is 1. The van der Waals surface area contributed by atoms with Crippen molar-refractivity contribution in [3.05, 3.63) is 21.6 Å². The molecule has 0 spiro atoms. The topological polar surface area (TPSA) is 0 Å². The molecule has 0 amide bonds. The zero-order chi connectivity index (χ0) is 9.68. The number of halogens is 2. The molecular formula is C11H17Cl2STi. The Morgan fingerprint density at radius 2 is 2.13 bits per heavy atom. The molecule has 1 unspecified atom stereocenters. The molecule has 85 valence electrons. The average molecular weight is 300 g/mol. The van der Waals surface area contributed by atoms with Gasteiger partial charge in [-0.25, -0.2) is 0 Å². The minimum Gasteiger partial charge on any atom is -1.00 e. The van der Waals surface area contributed by atoms with E-state index in [1.54, 1.807) is 9.45 Å². The predicted molar refractivity (Wildman–Crippen MR) is 57.6 cm³/mol. The smallest absolute Gasteiger partial charge is 1.00 e. The fourth-order valence-corrected chi connectivity index (χ4v) is 3.42. The van der Waals surface area contributed by atoms with Crippen molar-refractivity contribution in [2.45, 2.75) is 38.4 Å². The molecule has 0 N–H and O–H groups in total. The second-order valence-electron chi connectivity index (χ2n) is 3.41. The fourth-order valence-electron chi connectivity index (χ4n) is 1.40. The largest absolute Gasteiger partial charge is 1.00 e. The second-order valence-corrected chi connectivity index (χ2v) is 5.80. The van der Waals surface area contributed by atoms with Gasteiger partial charge >= 0.3 is 97.9 Å². The molecule has 0 radical (unpaired) electrons. The van der Waals surface area contributed by atoms with Gasteiger partial charge in [-0.3, -0.25) is 0 Å². The summed E-state index contributed by atoms with van der Waals surface area (Å²) in [6, 6.07) is 0. The van der Waals surface area contributed by atoms with Crippen molar-refractivity contribution in [2.24, 2.45) is 0 Å². The molecule has 1 atom stereocenters. The number of rotatable bonds is 5. The third-order valence-corrected chi connectivity index (χ3v) is 4.32. The Kier molecular flexibility index (Phi) is 12.7. The minimum absolute atomic E-state index is 0. The second kappa shape index (κ2) is 10.3. The van der Waals surface area contributed by atoms with Crippen LogP contribution in [0.1, 0.15) is 33.1 Å². The number of allylic oxidation sites excluding steroid dienone is 3. The summed E-state index contributed by atoms with van der Waals surface area (Å²) in [5.74, 6) is 1.31. The van der Waals surface area contributed by atoms with Crippen LogP contribution in [0.4, 0.5) is 0 Å². The first-order valence-corrected chi connectivity index (χ1v) is 6.81. The summed E-state index contributed by atoms with van der Waals surface area (Å²) in [5, 5.41) is 0.699. The Morgan fingerprint density at radius 3 is 2.60 bits per heavy atom. The van der Waals surface area contributed by atoms with Gasteiger partial charge in [0.05, 0.1) is 0 Å². The zero-order valence-electron chi connectivity index (χ0n) is 9.22. The van der Waals surface area contributed by atoms with Gasteiger partial charge in [-0.05, 0) is 0 Å². The molecule has 1 aliphatic carbocycles. The maximum atomic E-state index is 2.33. The Balaban J connectivity index is 0. The molecule has 15 heavy (non-hydrogen) atoms. The third kappa shape index (κ3) is 6.43. The van der Waals surface area contributed by atoms with Crippen molar-refractivity contribution in [3.63, 3.8) is 0 Å². The molecule has 1 rings (SSSR count). The van der Waals surface area contributed by atoms with Crippen molar-refractivity contribution in [2.75, 3.05) is 5.75 Å². The van der Waals surface area contributed by atoms with E-state index in [-0.39, 0.29) is 24.8 Å². The maximum Gasteiger partial charge on any atom is -1.00 e. The van der Waals surface area contributed by atoms with Crippen LogP contribution < -0.4 is 24.8 Å². The van der Waals surface area contributed by atoms with Crippen molar-refractivity contribution in [3.8, 4) is 0 Å². The van der Waals surface area contributed by atoms with Gasteiger partial charge in [-0.2, -0.15) is 0 Å². The molecule has 0 aromatic rings. The average Bonchev–Trinajstić information content (AvgIpc) is 2.52. The van der Waals surface area contributed by atoms with E-state index in [0.717, 1.165) is 0 Å². The van der Waals surface area contributed by atoms with Crippen molar-refractivity contribution >= 4 is 11.8 Å². The Hall–Kier alpha value is 1.12. The van der Waals surface area contributed by atoms with Gasteiger partial charge in [0, 0.05) is 0 Å². The SMILES string of the molecule is CCCCSC(C)C1=[C]([Ti+2])CC=C1.[Cl-].[Cl-]. The van der Waals surface area contributed by atoms with Crippen LogP contribution in [-0.4, -0.2) is 11.0 Å². The van der Waals surface area contributed by atoms with E-state index < -0.39 is 0 Å². The molecule has 0 aliphatic heterocycles. The van der Waals surface area contributed by atoms with Crippen LogP contribution in [0.3, 0.4) is 0 Å². The summed E-state index contributed by atoms with van der Waals surface area (Å²) >= 11 is 4.35. The van der Waals surface area contributed by atoms with E-state index in [2.05, 4.69) is 58.2 Å². The van der Waals surface area contributed by atoms with E-state index in [0.29, 0.717) is 5.25 Å². The van der Waals surface area contributed by atoms with Crippen molar-refractivity contribution in [1.82, 2.24) is 0 Å². The molecule has 0 aromatic carbocycles. The first-order chi connectivity index (χ1) is 6.25. The number of hydrogen-bond donors (Lipinski definition) is 0. The van der Waals surface area contributed by atoms with Crippen LogP contribution in [0.15, 0.2) is 21.6 Å². The molecule has 0 heterocycles. The van der Waals surface area contributed by atoms with E-state index in [1.165, 1.54) is 25.0 Å². The predicted octanol–water partition coefficient (Wildman–Crippen LogP) is -2.32. The van der Waals surface area contributed by atoms with Gasteiger partial charge < -0.3 is 24.8 Å².